The Balaban J connectivity index is 1.69. The Morgan fingerprint density at radius 1 is 0.844 bits per heavy atom. The third-order valence-corrected chi connectivity index (χ3v) is 5.31. The zero-order chi connectivity index (χ0) is 23.4. The van der Waals surface area contributed by atoms with E-state index < -0.39 is 74.6 Å². The van der Waals surface area contributed by atoms with Crippen LogP contribution in [0.2, 0.25) is 0 Å². The van der Waals surface area contributed by atoms with Crippen LogP contribution in [0.1, 0.15) is 5.69 Å². The minimum Gasteiger partial charge on any atom is -0.394 e. The van der Waals surface area contributed by atoms with Gasteiger partial charge in [-0.05, 0) is 0 Å². The Morgan fingerprint density at radius 2 is 1.47 bits per heavy atom. The molecule has 32 heavy (non-hydrogen) atoms. The second kappa shape index (κ2) is 11.2. The lowest BCUT2D eigenvalue weighted by Gasteiger charge is -2.45. The van der Waals surface area contributed by atoms with Crippen molar-refractivity contribution in [3.8, 4) is 0 Å². The zero-order valence-electron chi connectivity index (χ0n) is 16.9. The van der Waals surface area contributed by atoms with Crippen LogP contribution in [-0.2, 0) is 32.1 Å². The maximum atomic E-state index is 10.5. The Kier molecular flexibility index (Phi) is 8.84. The van der Waals surface area contributed by atoms with E-state index in [0.29, 0.717) is 5.69 Å². The summed E-state index contributed by atoms with van der Waals surface area (Å²) >= 11 is 0. The number of aliphatic hydroxyl groups excluding tert-OH is 8. The largest absolute Gasteiger partial charge is 0.394 e. The van der Waals surface area contributed by atoms with Crippen LogP contribution in [0.4, 0.5) is 0 Å². The van der Waals surface area contributed by atoms with Crippen LogP contribution in [0.25, 0.3) is 0 Å². The van der Waals surface area contributed by atoms with Gasteiger partial charge in [-0.1, -0.05) is 5.21 Å². The van der Waals surface area contributed by atoms with Crippen LogP contribution in [0.3, 0.4) is 0 Å². The fraction of sp³-hybridized carbons (Fsp3) is 0.882. The molecular formula is C17H29N3O12. The normalized spacial score (nSPS) is 40.5. The van der Waals surface area contributed by atoms with Gasteiger partial charge in [-0.25, -0.2) is 4.68 Å². The molecule has 3 rings (SSSR count). The highest BCUT2D eigenvalue weighted by molar-refractivity contribution is 4.94. The molecule has 0 amide bonds. The number of aliphatic hydroxyl groups is 8. The first-order valence-corrected chi connectivity index (χ1v) is 10.0. The highest BCUT2D eigenvalue weighted by Crippen LogP contribution is 2.29. The predicted octanol–water partition coefficient (Wildman–Crippen LogP) is -5.59. The van der Waals surface area contributed by atoms with Gasteiger partial charge in [0.1, 0.15) is 54.5 Å². The fourth-order valence-electron chi connectivity index (χ4n) is 3.45. The number of rotatable bonds is 9. The van der Waals surface area contributed by atoms with Crippen molar-refractivity contribution in [2.24, 2.45) is 0 Å². The molecule has 8 N–H and O–H groups in total. The number of ether oxygens (including phenoxy) is 4. The molecule has 0 radical (unpaired) electrons. The van der Waals surface area contributed by atoms with E-state index in [9.17, 15) is 35.7 Å². The van der Waals surface area contributed by atoms with Gasteiger partial charge in [0.05, 0.1) is 39.2 Å². The van der Waals surface area contributed by atoms with E-state index in [2.05, 4.69) is 10.3 Å². The molecule has 0 aromatic carbocycles. The van der Waals surface area contributed by atoms with Crippen molar-refractivity contribution in [1.82, 2.24) is 15.0 Å². The van der Waals surface area contributed by atoms with E-state index in [4.69, 9.17) is 24.1 Å². The fourth-order valence-corrected chi connectivity index (χ4v) is 3.45. The molecule has 2 saturated heterocycles. The minimum absolute atomic E-state index is 0.0472. The van der Waals surface area contributed by atoms with Gasteiger partial charge in [0.15, 0.2) is 12.6 Å². The van der Waals surface area contributed by atoms with Crippen molar-refractivity contribution < 1.29 is 59.8 Å². The first-order valence-electron chi connectivity index (χ1n) is 10.0. The molecular weight excluding hydrogens is 438 g/mol. The summed E-state index contributed by atoms with van der Waals surface area (Å²) in [4.78, 5) is 0. The van der Waals surface area contributed by atoms with Gasteiger partial charge in [-0.3, -0.25) is 0 Å². The van der Waals surface area contributed by atoms with E-state index in [-0.39, 0.29) is 19.8 Å². The summed E-state index contributed by atoms with van der Waals surface area (Å²) in [5.41, 5.74) is 0.349. The van der Waals surface area contributed by atoms with Gasteiger partial charge in [0.25, 0.3) is 0 Å². The average molecular weight is 467 g/mol. The summed E-state index contributed by atoms with van der Waals surface area (Å²) in [6, 6.07) is 0. The Labute approximate surface area is 181 Å². The average Bonchev–Trinajstić information content (AvgIpc) is 3.26. The second-order valence-corrected chi connectivity index (χ2v) is 7.51. The summed E-state index contributed by atoms with van der Waals surface area (Å²) in [5.74, 6) is 0. The van der Waals surface area contributed by atoms with Gasteiger partial charge < -0.3 is 59.8 Å². The first-order chi connectivity index (χ1) is 15.3. The lowest BCUT2D eigenvalue weighted by molar-refractivity contribution is -0.367. The molecule has 0 bridgehead atoms. The molecule has 1 aromatic rings. The van der Waals surface area contributed by atoms with Crippen LogP contribution in [0.5, 0.6) is 0 Å². The smallest absolute Gasteiger partial charge is 0.187 e. The summed E-state index contributed by atoms with van der Waals surface area (Å²) in [5, 5.41) is 86.0. The van der Waals surface area contributed by atoms with Crippen molar-refractivity contribution in [2.45, 2.75) is 74.6 Å². The number of hydrogen-bond acceptors (Lipinski definition) is 14. The van der Waals surface area contributed by atoms with Crippen molar-refractivity contribution in [2.75, 3.05) is 19.8 Å². The highest BCUT2D eigenvalue weighted by Gasteiger charge is 2.50. The van der Waals surface area contributed by atoms with Crippen LogP contribution in [0, 0.1) is 0 Å². The second-order valence-electron chi connectivity index (χ2n) is 7.51. The van der Waals surface area contributed by atoms with E-state index in [0.717, 1.165) is 0 Å². The van der Waals surface area contributed by atoms with Crippen molar-refractivity contribution in [3.05, 3.63) is 11.9 Å². The molecule has 0 saturated carbocycles. The number of nitrogens with zero attached hydrogens (tertiary/aromatic N) is 3. The van der Waals surface area contributed by atoms with Crippen molar-refractivity contribution >= 4 is 0 Å². The molecule has 2 aliphatic rings. The molecule has 15 nitrogen and oxygen atoms in total. The molecule has 0 aliphatic carbocycles. The highest BCUT2D eigenvalue weighted by atomic mass is 16.8. The van der Waals surface area contributed by atoms with Gasteiger partial charge in [-0.2, -0.15) is 0 Å². The number of aromatic nitrogens is 3. The molecule has 15 heteroatoms. The van der Waals surface area contributed by atoms with Crippen LogP contribution in [0.15, 0.2) is 6.20 Å². The first kappa shape index (κ1) is 25.3. The Hall–Kier alpha value is -1.34. The van der Waals surface area contributed by atoms with Crippen LogP contribution >= 0.6 is 0 Å². The molecule has 1 aromatic heterocycles. The van der Waals surface area contributed by atoms with E-state index in [1.54, 1.807) is 0 Å². The van der Waals surface area contributed by atoms with Gasteiger partial charge >= 0.3 is 0 Å². The molecule has 2 aliphatic heterocycles. The minimum atomic E-state index is -1.75. The van der Waals surface area contributed by atoms with Gasteiger partial charge in [-0.15, -0.1) is 5.10 Å². The van der Waals surface area contributed by atoms with E-state index >= 15 is 0 Å². The molecule has 0 unspecified atom stereocenters. The van der Waals surface area contributed by atoms with Gasteiger partial charge in [0, 0.05) is 0 Å². The topological polar surface area (TPSA) is 229 Å². The van der Waals surface area contributed by atoms with Gasteiger partial charge in [0.2, 0.25) is 0 Å². The molecule has 0 spiro atoms. The maximum Gasteiger partial charge on any atom is 0.187 e. The quantitative estimate of drug-likeness (QED) is 0.169. The Bertz CT molecular complexity index is 708. The van der Waals surface area contributed by atoms with Crippen molar-refractivity contribution in [3.63, 3.8) is 0 Å². The summed E-state index contributed by atoms with van der Waals surface area (Å²) in [6.45, 7) is -1.48. The van der Waals surface area contributed by atoms with E-state index in [1.807, 2.05) is 0 Å². The van der Waals surface area contributed by atoms with Crippen molar-refractivity contribution in [1.29, 1.82) is 0 Å². The zero-order valence-corrected chi connectivity index (χ0v) is 16.9. The summed E-state index contributed by atoms with van der Waals surface area (Å²) in [7, 11) is 0. The third kappa shape index (κ3) is 5.41. The summed E-state index contributed by atoms with van der Waals surface area (Å²) < 4.78 is 23.3. The van der Waals surface area contributed by atoms with Crippen LogP contribution < -0.4 is 0 Å². The standard InChI is InChI=1S/C17H29N3O12/c21-4-7-3-20(19-18-7)1-2-29-17-15(13(27)11(25)9(6-23)31-17)32-16-14(28)12(26)10(24)8(5-22)30-16/h3,8-17,21-28H,1-2,4-6H2/t8-,9-,10-,11-,12+,13+,14+,15+,16+,17+/m1/s1. The SMILES string of the molecule is OCc1cn(CCO[C@H]2O[C@H](CO)[C@@H](O)[C@H](O)[C@@H]2O[C@@H]2O[C@H](CO)[C@@H](O)[C@H](O)[C@@H]2O)nn1. The lowest BCUT2D eigenvalue weighted by atomic mass is 9.97. The molecule has 10 atom stereocenters. The predicted molar refractivity (Wildman–Crippen MR) is 98.3 cm³/mol. The third-order valence-electron chi connectivity index (χ3n) is 5.31. The number of hydrogen-bond donors (Lipinski definition) is 8. The molecule has 184 valence electrons. The maximum absolute atomic E-state index is 10.5. The molecule has 3 heterocycles. The van der Waals surface area contributed by atoms with E-state index in [1.165, 1.54) is 10.9 Å². The summed E-state index contributed by atoms with van der Waals surface area (Å²) in [6.07, 6.45) is -13.7. The lowest BCUT2D eigenvalue weighted by Crippen LogP contribution is -2.64. The monoisotopic (exact) mass is 467 g/mol. The van der Waals surface area contributed by atoms with Crippen LogP contribution in [-0.4, -0.2) is 137 Å². The Morgan fingerprint density at radius 3 is 2.06 bits per heavy atom. The molecule has 2 fully saturated rings.